The first-order valence-electron chi connectivity index (χ1n) is 8.82. The molecule has 0 spiro atoms. The first-order chi connectivity index (χ1) is 12.8. The lowest BCUT2D eigenvalue weighted by atomic mass is 10.1. The summed E-state index contributed by atoms with van der Waals surface area (Å²) < 4.78 is 31.4. The molecule has 2 rings (SSSR count). The number of carbonyl (C=O) groups excluding carboxylic acids is 1. The SMILES string of the molecule is COc1ccc(S(=O)(=O)[C@@H](NNC(=O)CCC(C)C)c2ccccc2)cc1. The molecule has 2 aromatic rings. The number of nitrogens with one attached hydrogen (secondary N) is 2. The maximum absolute atomic E-state index is 13.2. The van der Waals surface area contributed by atoms with Gasteiger partial charge in [-0.3, -0.25) is 10.2 Å². The second kappa shape index (κ2) is 9.53. The molecule has 2 aromatic carbocycles. The Hall–Kier alpha value is -2.38. The summed E-state index contributed by atoms with van der Waals surface area (Å²) in [6.45, 7) is 4.06. The maximum Gasteiger partial charge on any atom is 0.234 e. The molecule has 0 bridgehead atoms. The Labute approximate surface area is 160 Å². The van der Waals surface area contributed by atoms with Crippen molar-refractivity contribution < 1.29 is 17.9 Å². The van der Waals surface area contributed by atoms with Crippen molar-refractivity contribution in [3.8, 4) is 5.75 Å². The molecular weight excluding hydrogens is 364 g/mol. The maximum atomic E-state index is 13.2. The number of rotatable bonds is 9. The standard InChI is InChI=1S/C20H26N2O4S/c1-15(2)9-14-19(23)21-22-20(16-7-5-4-6-8-16)27(24,25)18-12-10-17(26-3)11-13-18/h4-8,10-13,15,20,22H,9,14H2,1-3H3,(H,21,23)/t20-/m1/s1. The summed E-state index contributed by atoms with van der Waals surface area (Å²) in [6, 6.07) is 14.9. The number of ether oxygens (including phenoxy) is 1. The fourth-order valence-corrected chi connectivity index (χ4v) is 4.01. The first kappa shape index (κ1) is 20.9. The largest absolute Gasteiger partial charge is 0.497 e. The number of benzene rings is 2. The first-order valence-corrected chi connectivity index (χ1v) is 10.4. The summed E-state index contributed by atoms with van der Waals surface area (Å²) in [5.41, 5.74) is 5.79. The molecule has 1 amide bonds. The fraction of sp³-hybridized carbons (Fsp3) is 0.350. The molecule has 2 N–H and O–H groups in total. The molecule has 0 fully saturated rings. The van der Waals surface area contributed by atoms with Crippen LogP contribution in [0.1, 0.15) is 37.6 Å². The van der Waals surface area contributed by atoms with Crippen molar-refractivity contribution in [2.45, 2.75) is 37.0 Å². The van der Waals surface area contributed by atoms with Crippen LogP contribution in [-0.2, 0) is 14.6 Å². The zero-order valence-corrected chi connectivity index (χ0v) is 16.6. The van der Waals surface area contributed by atoms with Crippen LogP contribution in [0.4, 0.5) is 0 Å². The van der Waals surface area contributed by atoms with Gasteiger partial charge in [-0.05, 0) is 42.2 Å². The van der Waals surface area contributed by atoms with Gasteiger partial charge in [0, 0.05) is 6.42 Å². The van der Waals surface area contributed by atoms with E-state index in [-0.39, 0.29) is 10.8 Å². The number of amides is 1. The van der Waals surface area contributed by atoms with Gasteiger partial charge in [0.25, 0.3) is 0 Å². The molecule has 0 unspecified atom stereocenters. The zero-order chi connectivity index (χ0) is 19.9. The average Bonchev–Trinajstić information content (AvgIpc) is 2.67. The predicted octanol–water partition coefficient (Wildman–Crippen LogP) is 3.22. The summed E-state index contributed by atoms with van der Waals surface area (Å²) >= 11 is 0. The second-order valence-electron chi connectivity index (χ2n) is 6.64. The van der Waals surface area contributed by atoms with Crippen molar-refractivity contribution in [1.29, 1.82) is 0 Å². The lowest BCUT2D eigenvalue weighted by Gasteiger charge is -2.20. The molecule has 146 valence electrons. The molecule has 0 aromatic heterocycles. The summed E-state index contributed by atoms with van der Waals surface area (Å²) in [6.07, 6.45) is 1.06. The van der Waals surface area contributed by atoms with Gasteiger partial charge in [-0.1, -0.05) is 44.2 Å². The summed E-state index contributed by atoms with van der Waals surface area (Å²) in [7, 11) is -2.27. The van der Waals surface area contributed by atoms with Crippen LogP contribution in [0.25, 0.3) is 0 Å². The summed E-state index contributed by atoms with van der Waals surface area (Å²) in [4.78, 5) is 12.2. The van der Waals surface area contributed by atoms with E-state index in [1.807, 2.05) is 19.9 Å². The lowest BCUT2D eigenvalue weighted by Crippen LogP contribution is -2.43. The predicted molar refractivity (Wildman–Crippen MR) is 105 cm³/mol. The van der Waals surface area contributed by atoms with Gasteiger partial charge in [0.2, 0.25) is 5.91 Å². The van der Waals surface area contributed by atoms with Gasteiger partial charge in [-0.2, -0.15) is 0 Å². The highest BCUT2D eigenvalue weighted by Crippen LogP contribution is 2.27. The van der Waals surface area contributed by atoms with Crippen LogP contribution >= 0.6 is 0 Å². The van der Waals surface area contributed by atoms with E-state index in [4.69, 9.17) is 4.74 Å². The van der Waals surface area contributed by atoms with E-state index in [1.165, 1.54) is 19.2 Å². The monoisotopic (exact) mass is 390 g/mol. The van der Waals surface area contributed by atoms with Crippen LogP contribution in [0.2, 0.25) is 0 Å². The van der Waals surface area contributed by atoms with Crippen LogP contribution in [-0.4, -0.2) is 21.4 Å². The van der Waals surface area contributed by atoms with Crippen molar-refractivity contribution >= 4 is 15.7 Å². The van der Waals surface area contributed by atoms with E-state index in [9.17, 15) is 13.2 Å². The number of hydrogen-bond acceptors (Lipinski definition) is 5. The van der Waals surface area contributed by atoms with Crippen LogP contribution in [0, 0.1) is 5.92 Å². The van der Waals surface area contributed by atoms with Crippen LogP contribution in [0.5, 0.6) is 5.75 Å². The van der Waals surface area contributed by atoms with Gasteiger partial charge in [-0.25, -0.2) is 13.8 Å². The zero-order valence-electron chi connectivity index (χ0n) is 15.8. The Morgan fingerprint density at radius 1 is 1.04 bits per heavy atom. The molecule has 6 nitrogen and oxygen atoms in total. The van der Waals surface area contributed by atoms with Gasteiger partial charge in [0.05, 0.1) is 12.0 Å². The smallest absolute Gasteiger partial charge is 0.234 e. The van der Waals surface area contributed by atoms with Crippen molar-refractivity contribution in [1.82, 2.24) is 10.9 Å². The van der Waals surface area contributed by atoms with Crippen LogP contribution in [0.3, 0.4) is 0 Å². The summed E-state index contributed by atoms with van der Waals surface area (Å²) in [5.74, 6) is 0.721. The molecule has 0 heterocycles. The lowest BCUT2D eigenvalue weighted by molar-refractivity contribution is -0.122. The number of carbonyl (C=O) groups is 1. The number of hydrazine groups is 1. The van der Waals surface area contributed by atoms with Crippen molar-refractivity contribution in [2.75, 3.05) is 7.11 Å². The normalized spacial score (nSPS) is 12.6. The van der Waals surface area contributed by atoms with E-state index in [0.29, 0.717) is 23.7 Å². The Balaban J connectivity index is 2.25. The van der Waals surface area contributed by atoms with E-state index in [1.54, 1.807) is 36.4 Å². The van der Waals surface area contributed by atoms with Gasteiger partial charge in [-0.15, -0.1) is 0 Å². The highest BCUT2D eigenvalue weighted by atomic mass is 32.2. The minimum atomic E-state index is -3.79. The third-order valence-corrected chi connectivity index (χ3v) is 6.03. The Bertz CT molecular complexity index is 834. The third kappa shape index (κ3) is 5.80. The average molecular weight is 391 g/mol. The van der Waals surface area contributed by atoms with Gasteiger partial charge in [0.1, 0.15) is 5.75 Å². The van der Waals surface area contributed by atoms with Crippen molar-refractivity contribution in [3.63, 3.8) is 0 Å². The number of hydrogen-bond donors (Lipinski definition) is 2. The van der Waals surface area contributed by atoms with Gasteiger partial charge < -0.3 is 4.74 Å². The van der Waals surface area contributed by atoms with Crippen LogP contribution in [0.15, 0.2) is 59.5 Å². The van der Waals surface area contributed by atoms with Crippen molar-refractivity contribution in [2.24, 2.45) is 5.92 Å². The van der Waals surface area contributed by atoms with E-state index < -0.39 is 15.2 Å². The number of sulfone groups is 1. The Morgan fingerprint density at radius 2 is 1.67 bits per heavy atom. The molecular formula is C20H26N2O4S. The molecule has 0 saturated carbocycles. The molecule has 1 atom stereocenters. The van der Waals surface area contributed by atoms with E-state index >= 15 is 0 Å². The van der Waals surface area contributed by atoms with Crippen LogP contribution < -0.4 is 15.6 Å². The highest BCUT2D eigenvalue weighted by molar-refractivity contribution is 7.91. The molecule has 0 saturated heterocycles. The minimum absolute atomic E-state index is 0.140. The Morgan fingerprint density at radius 3 is 2.22 bits per heavy atom. The third-order valence-electron chi connectivity index (χ3n) is 4.09. The van der Waals surface area contributed by atoms with Crippen molar-refractivity contribution in [3.05, 3.63) is 60.2 Å². The quantitative estimate of drug-likeness (QED) is 0.642. The van der Waals surface area contributed by atoms with Gasteiger partial charge >= 0.3 is 0 Å². The topological polar surface area (TPSA) is 84.5 Å². The van der Waals surface area contributed by atoms with E-state index in [2.05, 4.69) is 10.9 Å². The molecule has 0 aliphatic heterocycles. The highest BCUT2D eigenvalue weighted by Gasteiger charge is 2.29. The molecule has 7 heteroatoms. The minimum Gasteiger partial charge on any atom is -0.497 e. The van der Waals surface area contributed by atoms with Gasteiger partial charge in [0.15, 0.2) is 15.2 Å². The van der Waals surface area contributed by atoms with E-state index in [0.717, 1.165) is 6.42 Å². The number of methoxy groups -OCH3 is 1. The summed E-state index contributed by atoms with van der Waals surface area (Å²) in [5, 5.41) is -1.10. The fourth-order valence-electron chi connectivity index (χ4n) is 2.50. The molecule has 0 aliphatic rings. The second-order valence-corrected chi connectivity index (χ2v) is 8.67. The Kier molecular flexibility index (Phi) is 7.38. The molecule has 27 heavy (non-hydrogen) atoms. The molecule has 0 aliphatic carbocycles. The molecule has 0 radical (unpaired) electrons.